The van der Waals surface area contributed by atoms with Crippen molar-refractivity contribution in [2.45, 2.75) is 19.0 Å². The van der Waals surface area contributed by atoms with Crippen LogP contribution in [-0.4, -0.2) is 75.4 Å². The Balaban J connectivity index is 2.66. The summed E-state index contributed by atoms with van der Waals surface area (Å²) in [6, 6.07) is 0.0664. The molecule has 1 aliphatic rings. The Morgan fingerprint density at radius 2 is 2.12 bits per heavy atom. The van der Waals surface area contributed by atoms with Crippen LogP contribution in [0, 0.1) is 0 Å². The molecule has 1 rings (SSSR count). The maximum Gasteiger partial charge on any atom is 0.325 e. The molecule has 94 valence electrons. The smallest absolute Gasteiger partial charge is 0.325 e. The lowest BCUT2D eigenvalue weighted by Gasteiger charge is -2.41. The van der Waals surface area contributed by atoms with E-state index in [1.807, 2.05) is 0 Å². The highest BCUT2D eigenvalue weighted by atomic mass is 16.5. The molecule has 5 heteroatoms. The van der Waals surface area contributed by atoms with E-state index in [9.17, 15) is 4.79 Å². The zero-order valence-corrected chi connectivity index (χ0v) is 10.6. The Hall–Kier alpha value is -0.650. The van der Waals surface area contributed by atoms with Crippen molar-refractivity contribution in [1.82, 2.24) is 9.80 Å². The van der Waals surface area contributed by atoms with E-state index in [1.54, 1.807) is 7.11 Å². The van der Waals surface area contributed by atoms with Crippen molar-refractivity contribution in [3.8, 4) is 0 Å². The van der Waals surface area contributed by atoms with Crippen LogP contribution >= 0.6 is 0 Å². The predicted molar refractivity (Wildman–Crippen MR) is 61.3 cm³/mol. The van der Waals surface area contributed by atoms with Crippen molar-refractivity contribution >= 4 is 5.97 Å². The highest BCUT2D eigenvalue weighted by Gasteiger charge is 2.33. The Morgan fingerprint density at radius 3 is 2.62 bits per heavy atom. The molecular weight excluding hydrogens is 208 g/mol. The summed E-state index contributed by atoms with van der Waals surface area (Å²) in [5, 5.41) is 0. The summed E-state index contributed by atoms with van der Waals surface area (Å²) in [5.74, 6) is -0.210. The topological polar surface area (TPSA) is 42.0 Å². The van der Waals surface area contributed by atoms with Gasteiger partial charge in [-0.15, -0.1) is 0 Å². The van der Waals surface area contributed by atoms with Crippen LogP contribution in [0.2, 0.25) is 0 Å². The monoisotopic (exact) mass is 230 g/mol. The van der Waals surface area contributed by atoms with Gasteiger partial charge in [0.05, 0.1) is 13.7 Å². The van der Waals surface area contributed by atoms with E-state index in [2.05, 4.69) is 23.8 Å². The maximum absolute atomic E-state index is 11.7. The molecule has 0 bridgehead atoms. The summed E-state index contributed by atoms with van der Waals surface area (Å²) in [7, 11) is 5.12. The summed E-state index contributed by atoms with van der Waals surface area (Å²) in [5.41, 5.74) is 0. The van der Waals surface area contributed by atoms with Gasteiger partial charge in [0.25, 0.3) is 0 Å². The Kier molecular flexibility index (Phi) is 5.18. The second-order valence-electron chi connectivity index (χ2n) is 4.34. The fourth-order valence-corrected chi connectivity index (χ4v) is 2.21. The number of ether oxygens (including phenoxy) is 2. The Morgan fingerprint density at radius 1 is 1.44 bits per heavy atom. The SMILES string of the molecule is COCC(C(=O)OC)N1CCN(C)C[C@@H]1C. The Bertz CT molecular complexity index is 235. The van der Waals surface area contributed by atoms with Gasteiger partial charge in [0.2, 0.25) is 0 Å². The van der Waals surface area contributed by atoms with Crippen molar-refractivity contribution in [2.75, 3.05) is 47.5 Å². The van der Waals surface area contributed by atoms with E-state index in [0.717, 1.165) is 19.6 Å². The van der Waals surface area contributed by atoms with E-state index in [0.29, 0.717) is 12.6 Å². The van der Waals surface area contributed by atoms with E-state index >= 15 is 0 Å². The van der Waals surface area contributed by atoms with Gasteiger partial charge < -0.3 is 14.4 Å². The zero-order valence-electron chi connectivity index (χ0n) is 10.6. The summed E-state index contributed by atoms with van der Waals surface area (Å²) in [6.07, 6.45) is 0. The van der Waals surface area contributed by atoms with Gasteiger partial charge in [0, 0.05) is 32.8 Å². The normalized spacial score (nSPS) is 25.4. The molecule has 16 heavy (non-hydrogen) atoms. The van der Waals surface area contributed by atoms with Crippen LogP contribution < -0.4 is 0 Å². The fraction of sp³-hybridized carbons (Fsp3) is 0.909. The van der Waals surface area contributed by atoms with Crippen LogP contribution in [-0.2, 0) is 14.3 Å². The quantitative estimate of drug-likeness (QED) is 0.626. The molecule has 0 N–H and O–H groups in total. The van der Waals surface area contributed by atoms with Gasteiger partial charge in [0.15, 0.2) is 0 Å². The largest absolute Gasteiger partial charge is 0.468 e. The number of methoxy groups -OCH3 is 2. The highest BCUT2D eigenvalue weighted by Crippen LogP contribution is 2.13. The van der Waals surface area contributed by atoms with Gasteiger partial charge in [-0.05, 0) is 14.0 Å². The third-order valence-electron chi connectivity index (χ3n) is 3.08. The van der Waals surface area contributed by atoms with E-state index in [1.165, 1.54) is 7.11 Å². The first-order valence-electron chi connectivity index (χ1n) is 5.61. The van der Waals surface area contributed by atoms with E-state index < -0.39 is 0 Å². The molecule has 5 nitrogen and oxygen atoms in total. The van der Waals surface area contributed by atoms with Crippen molar-refractivity contribution in [3.05, 3.63) is 0 Å². The van der Waals surface area contributed by atoms with Gasteiger partial charge >= 0.3 is 5.97 Å². The molecule has 2 atom stereocenters. The first-order valence-corrected chi connectivity index (χ1v) is 5.61. The molecule has 0 aromatic rings. The van der Waals surface area contributed by atoms with Gasteiger partial charge in [-0.2, -0.15) is 0 Å². The van der Waals surface area contributed by atoms with Crippen LogP contribution in [0.1, 0.15) is 6.92 Å². The van der Waals surface area contributed by atoms with E-state index in [-0.39, 0.29) is 12.0 Å². The molecule has 1 saturated heterocycles. The van der Waals surface area contributed by atoms with Gasteiger partial charge in [-0.3, -0.25) is 9.69 Å². The van der Waals surface area contributed by atoms with Crippen molar-refractivity contribution in [1.29, 1.82) is 0 Å². The maximum atomic E-state index is 11.7. The number of esters is 1. The number of carbonyl (C=O) groups is 1. The Labute approximate surface area is 97.3 Å². The standard InChI is InChI=1S/C11H22N2O3/c1-9-7-12(2)5-6-13(9)10(8-15-3)11(14)16-4/h9-10H,5-8H2,1-4H3/t9-,10?/m0/s1. The lowest BCUT2D eigenvalue weighted by atomic mass is 10.1. The van der Waals surface area contributed by atoms with Crippen molar-refractivity contribution < 1.29 is 14.3 Å². The molecule has 1 aliphatic heterocycles. The van der Waals surface area contributed by atoms with Crippen molar-refractivity contribution in [2.24, 2.45) is 0 Å². The summed E-state index contributed by atoms with van der Waals surface area (Å²) >= 11 is 0. The van der Waals surface area contributed by atoms with Gasteiger partial charge in [-0.1, -0.05) is 0 Å². The molecule has 0 spiro atoms. The minimum Gasteiger partial charge on any atom is -0.468 e. The van der Waals surface area contributed by atoms with Crippen molar-refractivity contribution in [3.63, 3.8) is 0 Å². The molecule has 0 aromatic heterocycles. The summed E-state index contributed by atoms with van der Waals surface area (Å²) < 4.78 is 9.92. The number of hydrogen-bond donors (Lipinski definition) is 0. The molecule has 1 heterocycles. The first kappa shape index (κ1) is 13.4. The second kappa shape index (κ2) is 6.18. The van der Waals surface area contributed by atoms with E-state index in [4.69, 9.17) is 9.47 Å². The molecule has 0 aromatic carbocycles. The van der Waals surface area contributed by atoms with Gasteiger partial charge in [0.1, 0.15) is 6.04 Å². The number of nitrogens with zero attached hydrogens (tertiary/aromatic N) is 2. The molecule has 0 amide bonds. The van der Waals surface area contributed by atoms with Crippen LogP contribution in [0.5, 0.6) is 0 Å². The molecule has 0 saturated carbocycles. The summed E-state index contributed by atoms with van der Waals surface area (Å²) in [4.78, 5) is 16.1. The van der Waals surface area contributed by atoms with Crippen LogP contribution in [0.15, 0.2) is 0 Å². The third kappa shape index (κ3) is 3.17. The first-order chi connectivity index (χ1) is 7.60. The highest BCUT2D eigenvalue weighted by molar-refractivity contribution is 5.75. The molecule has 1 fully saturated rings. The minimum atomic E-state index is -0.279. The van der Waals surface area contributed by atoms with Crippen LogP contribution in [0.4, 0.5) is 0 Å². The summed E-state index contributed by atoms with van der Waals surface area (Å²) in [6.45, 7) is 5.33. The lowest BCUT2D eigenvalue weighted by Crippen LogP contribution is -2.57. The number of hydrogen-bond acceptors (Lipinski definition) is 5. The molecule has 1 unspecified atom stereocenters. The van der Waals surface area contributed by atoms with Gasteiger partial charge in [-0.25, -0.2) is 0 Å². The number of carbonyl (C=O) groups excluding carboxylic acids is 1. The number of piperazine rings is 1. The lowest BCUT2D eigenvalue weighted by molar-refractivity contribution is -0.151. The third-order valence-corrected chi connectivity index (χ3v) is 3.08. The number of rotatable bonds is 4. The molecule has 0 aliphatic carbocycles. The zero-order chi connectivity index (χ0) is 12.1. The molecular formula is C11H22N2O3. The second-order valence-corrected chi connectivity index (χ2v) is 4.34. The van der Waals surface area contributed by atoms with Crippen LogP contribution in [0.3, 0.4) is 0 Å². The average Bonchev–Trinajstić information content (AvgIpc) is 2.26. The van der Waals surface area contributed by atoms with Crippen LogP contribution in [0.25, 0.3) is 0 Å². The minimum absolute atomic E-state index is 0.210. The number of likely N-dealkylation sites (N-methyl/N-ethyl adjacent to an activating group) is 1. The molecule has 0 radical (unpaired) electrons. The fourth-order valence-electron chi connectivity index (χ4n) is 2.21. The average molecular weight is 230 g/mol. The predicted octanol–water partition coefficient (Wildman–Crippen LogP) is -0.190.